The van der Waals surface area contributed by atoms with Crippen LogP contribution in [0.3, 0.4) is 0 Å². The van der Waals surface area contributed by atoms with E-state index in [2.05, 4.69) is 18.7 Å². The molecule has 0 fully saturated rings. The Hall–Kier alpha value is 0.344. The number of hydrogen-bond donors (Lipinski definition) is 1. The van der Waals surface area contributed by atoms with Crippen LogP contribution in [-0.2, 0) is 32.7 Å². The Morgan fingerprint density at radius 2 is 2.00 bits per heavy atom. The van der Waals surface area contributed by atoms with Gasteiger partial charge in [-0.3, -0.25) is 4.79 Å². The molecule has 3 heteroatoms. The fraction of sp³-hybridized carbons (Fsp3) is 0.125. The molecular weight excluding hydrogens is 233 g/mol. The standard InChI is InChI=1S/C8H7OS.Y/c9-8(6-10)7-4-2-1-3-5-7;/h2-5,10H,6H2;/q-1;. The summed E-state index contributed by atoms with van der Waals surface area (Å²) in [5.74, 6) is 0.321. The summed E-state index contributed by atoms with van der Waals surface area (Å²) in [7, 11) is 0. The maximum absolute atomic E-state index is 10.9. The number of Topliss-reactive ketones (excluding diaryl/α,β-unsaturated/α-hetero) is 1. The first-order chi connectivity index (χ1) is 4.84. The van der Waals surface area contributed by atoms with Crippen LogP contribution in [0.2, 0.25) is 0 Å². The molecule has 1 rings (SSSR count). The van der Waals surface area contributed by atoms with Crippen molar-refractivity contribution in [1.82, 2.24) is 0 Å². The average molecular weight is 240 g/mol. The van der Waals surface area contributed by atoms with E-state index in [-0.39, 0.29) is 44.2 Å². The monoisotopic (exact) mass is 240 g/mol. The first-order valence-electron chi connectivity index (χ1n) is 2.95. The molecule has 0 aliphatic heterocycles. The van der Waals surface area contributed by atoms with E-state index in [9.17, 15) is 4.79 Å². The number of carbonyl (C=O) groups is 1. The minimum absolute atomic E-state index is 0. The van der Waals surface area contributed by atoms with Crippen LogP contribution in [0.25, 0.3) is 0 Å². The molecule has 55 valence electrons. The second-order valence-corrected chi connectivity index (χ2v) is 2.19. The molecule has 1 radical (unpaired) electrons. The number of carbonyl (C=O) groups excluding carboxylic acids is 1. The smallest absolute Gasteiger partial charge is 0.148 e. The van der Waals surface area contributed by atoms with Crippen molar-refractivity contribution in [1.29, 1.82) is 0 Å². The number of thiol groups is 1. The van der Waals surface area contributed by atoms with Crippen LogP contribution in [0.5, 0.6) is 0 Å². The maximum Gasteiger partial charge on any atom is 0.148 e. The molecule has 0 N–H and O–H groups in total. The normalized spacial score (nSPS) is 8.45. The summed E-state index contributed by atoms with van der Waals surface area (Å²) in [6.07, 6.45) is 0. The molecule has 0 saturated carbocycles. The second-order valence-electron chi connectivity index (χ2n) is 1.87. The SMILES string of the molecule is O=C(CS)c1cc[c-]cc1.[Y]. The summed E-state index contributed by atoms with van der Waals surface area (Å²) >= 11 is 3.87. The molecule has 0 atom stereocenters. The van der Waals surface area contributed by atoms with Gasteiger partial charge in [-0.15, -0.1) is 0 Å². The van der Waals surface area contributed by atoms with Crippen LogP contribution in [0, 0.1) is 6.07 Å². The number of benzene rings is 1. The van der Waals surface area contributed by atoms with Gasteiger partial charge in [-0.2, -0.15) is 43.0 Å². The summed E-state index contributed by atoms with van der Waals surface area (Å²) in [6.45, 7) is 0. The van der Waals surface area contributed by atoms with Crippen molar-refractivity contribution in [2.45, 2.75) is 0 Å². The summed E-state index contributed by atoms with van der Waals surface area (Å²) in [6, 6.07) is 9.74. The zero-order valence-corrected chi connectivity index (χ0v) is 9.68. The summed E-state index contributed by atoms with van der Waals surface area (Å²) < 4.78 is 0. The van der Waals surface area contributed by atoms with Crippen molar-refractivity contribution in [3.8, 4) is 0 Å². The van der Waals surface area contributed by atoms with E-state index in [1.54, 1.807) is 24.3 Å². The number of ketones is 1. The zero-order chi connectivity index (χ0) is 7.40. The van der Waals surface area contributed by atoms with Crippen molar-refractivity contribution in [2.75, 3.05) is 5.75 Å². The Labute approximate surface area is 96.9 Å². The Balaban J connectivity index is 0.000001000. The quantitative estimate of drug-likeness (QED) is 0.472. The largest absolute Gasteiger partial charge is 0.296 e. The predicted molar refractivity (Wildman–Crippen MR) is 43.5 cm³/mol. The Morgan fingerprint density at radius 3 is 2.45 bits per heavy atom. The molecule has 0 aromatic heterocycles. The minimum atomic E-state index is 0. The van der Waals surface area contributed by atoms with Gasteiger partial charge in [0.05, 0.1) is 5.75 Å². The molecule has 0 amide bonds. The maximum atomic E-state index is 10.9. The van der Waals surface area contributed by atoms with Gasteiger partial charge in [-0.1, -0.05) is 5.56 Å². The number of rotatable bonds is 2. The van der Waals surface area contributed by atoms with E-state index in [1.807, 2.05) is 0 Å². The van der Waals surface area contributed by atoms with E-state index in [4.69, 9.17) is 0 Å². The molecule has 1 aromatic carbocycles. The predicted octanol–water partition coefficient (Wildman–Crippen LogP) is 1.60. The van der Waals surface area contributed by atoms with Gasteiger partial charge < -0.3 is 0 Å². The van der Waals surface area contributed by atoms with E-state index >= 15 is 0 Å². The molecule has 0 saturated heterocycles. The first kappa shape index (κ1) is 11.3. The van der Waals surface area contributed by atoms with Crippen molar-refractivity contribution >= 4 is 18.4 Å². The third kappa shape index (κ3) is 3.50. The third-order valence-corrected chi connectivity index (χ3v) is 1.47. The van der Waals surface area contributed by atoms with Gasteiger partial charge in [0.1, 0.15) is 5.78 Å². The van der Waals surface area contributed by atoms with Crippen LogP contribution in [0.15, 0.2) is 24.3 Å². The molecule has 1 nitrogen and oxygen atoms in total. The van der Waals surface area contributed by atoms with Crippen LogP contribution >= 0.6 is 12.6 Å². The topological polar surface area (TPSA) is 17.1 Å². The molecule has 1 aromatic rings. The van der Waals surface area contributed by atoms with Crippen LogP contribution < -0.4 is 0 Å². The molecule has 0 aliphatic rings. The fourth-order valence-corrected chi connectivity index (χ4v) is 0.847. The van der Waals surface area contributed by atoms with E-state index in [0.29, 0.717) is 5.56 Å². The van der Waals surface area contributed by atoms with Crippen LogP contribution in [0.1, 0.15) is 10.4 Å². The van der Waals surface area contributed by atoms with E-state index < -0.39 is 0 Å². The third-order valence-electron chi connectivity index (χ3n) is 1.18. The van der Waals surface area contributed by atoms with Gasteiger partial charge in [0.2, 0.25) is 0 Å². The Bertz CT molecular complexity index is 223. The van der Waals surface area contributed by atoms with Crippen molar-refractivity contribution in [2.24, 2.45) is 0 Å². The minimum Gasteiger partial charge on any atom is -0.296 e. The molecule has 0 bridgehead atoms. The van der Waals surface area contributed by atoms with Gasteiger partial charge in [0.25, 0.3) is 0 Å². The summed E-state index contributed by atoms with van der Waals surface area (Å²) in [5.41, 5.74) is 0.703. The van der Waals surface area contributed by atoms with Crippen molar-refractivity contribution < 1.29 is 37.5 Å². The van der Waals surface area contributed by atoms with E-state index in [1.165, 1.54) is 0 Å². The van der Waals surface area contributed by atoms with Gasteiger partial charge in [0.15, 0.2) is 0 Å². The molecule has 0 unspecified atom stereocenters. The molecular formula is C8H7OSY-. The van der Waals surface area contributed by atoms with Crippen molar-refractivity contribution in [3.63, 3.8) is 0 Å². The first-order valence-corrected chi connectivity index (χ1v) is 3.58. The molecule has 11 heavy (non-hydrogen) atoms. The zero-order valence-electron chi connectivity index (χ0n) is 5.95. The van der Waals surface area contributed by atoms with Crippen LogP contribution in [0.4, 0.5) is 0 Å². The Morgan fingerprint density at radius 1 is 1.45 bits per heavy atom. The van der Waals surface area contributed by atoms with E-state index in [0.717, 1.165) is 0 Å². The van der Waals surface area contributed by atoms with Gasteiger partial charge in [-0.25, -0.2) is 0 Å². The van der Waals surface area contributed by atoms with Gasteiger partial charge in [-0.05, 0) is 0 Å². The Kier molecular flexibility index (Phi) is 6.11. The average Bonchev–Trinajstić information content (AvgIpc) is 2.05. The molecule has 0 heterocycles. The van der Waals surface area contributed by atoms with Crippen LogP contribution in [-0.4, -0.2) is 11.5 Å². The molecule has 0 aliphatic carbocycles. The van der Waals surface area contributed by atoms with Gasteiger partial charge in [0, 0.05) is 32.7 Å². The van der Waals surface area contributed by atoms with Gasteiger partial charge >= 0.3 is 0 Å². The van der Waals surface area contributed by atoms with Crippen molar-refractivity contribution in [3.05, 3.63) is 35.9 Å². The molecule has 0 spiro atoms. The fourth-order valence-electron chi connectivity index (χ4n) is 0.664. The summed E-state index contributed by atoms with van der Waals surface area (Å²) in [5, 5.41) is 0. The number of hydrogen-bond acceptors (Lipinski definition) is 2. The summed E-state index contributed by atoms with van der Waals surface area (Å²) in [4.78, 5) is 10.9. The second kappa shape index (κ2) is 5.93.